The van der Waals surface area contributed by atoms with Crippen LogP contribution in [0.15, 0.2) is 48.5 Å². The first-order valence-corrected chi connectivity index (χ1v) is 12.6. The molecule has 6 nitrogen and oxygen atoms in total. The van der Waals surface area contributed by atoms with Crippen molar-refractivity contribution in [3.8, 4) is 0 Å². The Morgan fingerprint density at radius 1 is 1.00 bits per heavy atom. The number of carbonyl (C=O) groups excluding carboxylic acids is 1. The number of piperazine rings is 1. The number of amides is 1. The van der Waals surface area contributed by atoms with E-state index in [1.165, 1.54) is 40.8 Å². The summed E-state index contributed by atoms with van der Waals surface area (Å²) in [6.45, 7) is 7.09. The van der Waals surface area contributed by atoms with Gasteiger partial charge in [0, 0.05) is 50.2 Å². The number of benzene rings is 2. The number of nitrogens with zero attached hydrogens (tertiary/aromatic N) is 4. The second-order valence-electron chi connectivity index (χ2n) is 9.00. The molecule has 3 aromatic rings. The van der Waals surface area contributed by atoms with Crippen LogP contribution in [0.1, 0.15) is 29.6 Å². The quantitative estimate of drug-likeness (QED) is 0.594. The number of hydrogen-bond donors (Lipinski definition) is 1. The Morgan fingerprint density at radius 2 is 1.73 bits per heavy atom. The summed E-state index contributed by atoms with van der Waals surface area (Å²) in [5.74, 6) is 1.35. The number of fused-ring (bicyclic) bond motifs is 1. The van der Waals surface area contributed by atoms with Crippen LogP contribution in [0.25, 0.3) is 10.1 Å². The molecule has 0 radical (unpaired) electrons. The third-order valence-corrected chi connectivity index (χ3v) is 7.68. The topological polar surface area (TPSA) is 51.7 Å². The first-order chi connectivity index (χ1) is 16.2. The summed E-state index contributed by atoms with van der Waals surface area (Å²) in [5, 5.41) is 3.27. The molecule has 3 heterocycles. The van der Waals surface area contributed by atoms with Crippen molar-refractivity contribution in [2.75, 3.05) is 50.7 Å². The first kappa shape index (κ1) is 22.3. The number of hydrogen-bond acceptors (Lipinski definition) is 6. The average Bonchev–Trinajstić information content (AvgIpc) is 3.28. The lowest BCUT2D eigenvalue weighted by molar-refractivity contribution is 0.0687. The number of hydrazine groups is 1. The fourth-order valence-electron chi connectivity index (χ4n) is 4.79. The zero-order valence-corrected chi connectivity index (χ0v) is 19.6. The standard InChI is InChI=1S/C25H30FN5OS/c26-21-7-5-20(6-8-21)25(32)27-31-13-10-19(11-14-31)9-12-29-15-17-30(18-16-29)24-22-3-1-2-4-23(22)33-28-24/h1-8,19H,9-18H2,(H,27,32). The van der Waals surface area contributed by atoms with Gasteiger partial charge in [0.15, 0.2) is 0 Å². The highest BCUT2D eigenvalue weighted by atomic mass is 32.1. The Balaban J connectivity index is 1.02. The van der Waals surface area contributed by atoms with Gasteiger partial charge in [-0.3, -0.25) is 15.1 Å². The Morgan fingerprint density at radius 3 is 2.48 bits per heavy atom. The molecule has 2 aromatic carbocycles. The van der Waals surface area contributed by atoms with E-state index < -0.39 is 0 Å². The van der Waals surface area contributed by atoms with E-state index in [0.29, 0.717) is 11.5 Å². The van der Waals surface area contributed by atoms with Gasteiger partial charge >= 0.3 is 0 Å². The Hall–Kier alpha value is -2.55. The van der Waals surface area contributed by atoms with Crippen LogP contribution in [0, 0.1) is 11.7 Å². The molecule has 2 aliphatic rings. The van der Waals surface area contributed by atoms with Gasteiger partial charge in [0.2, 0.25) is 0 Å². The summed E-state index contributed by atoms with van der Waals surface area (Å²) in [6, 6.07) is 14.2. The highest BCUT2D eigenvalue weighted by Crippen LogP contribution is 2.30. The van der Waals surface area contributed by atoms with E-state index in [1.807, 2.05) is 5.01 Å². The largest absolute Gasteiger partial charge is 0.353 e. The van der Waals surface area contributed by atoms with E-state index in [9.17, 15) is 9.18 Å². The van der Waals surface area contributed by atoms with Gasteiger partial charge in [0.1, 0.15) is 11.6 Å². The third kappa shape index (κ3) is 5.34. The summed E-state index contributed by atoms with van der Waals surface area (Å²) >= 11 is 1.59. The van der Waals surface area contributed by atoms with Gasteiger partial charge in [-0.05, 0) is 79.7 Å². The van der Waals surface area contributed by atoms with Gasteiger partial charge in [-0.2, -0.15) is 4.37 Å². The summed E-state index contributed by atoms with van der Waals surface area (Å²) in [6.07, 6.45) is 3.39. The Labute approximate surface area is 198 Å². The molecule has 33 heavy (non-hydrogen) atoms. The maximum Gasteiger partial charge on any atom is 0.265 e. The van der Waals surface area contributed by atoms with Crippen LogP contribution in [-0.2, 0) is 0 Å². The predicted molar refractivity (Wildman–Crippen MR) is 131 cm³/mol. The molecule has 1 amide bonds. The first-order valence-electron chi connectivity index (χ1n) is 11.8. The summed E-state index contributed by atoms with van der Waals surface area (Å²) < 4.78 is 19.0. The van der Waals surface area contributed by atoms with Crippen molar-refractivity contribution in [3.05, 3.63) is 59.9 Å². The van der Waals surface area contributed by atoms with E-state index in [-0.39, 0.29) is 11.7 Å². The lowest BCUT2D eigenvalue weighted by atomic mass is 9.94. The van der Waals surface area contributed by atoms with E-state index in [4.69, 9.17) is 4.37 Å². The number of piperidine rings is 1. The molecule has 8 heteroatoms. The lowest BCUT2D eigenvalue weighted by Gasteiger charge is -2.37. The lowest BCUT2D eigenvalue weighted by Crippen LogP contribution is -2.48. The SMILES string of the molecule is O=C(NN1CCC(CCN2CCN(c3nsc4ccccc34)CC2)CC1)c1ccc(F)cc1. The molecule has 0 atom stereocenters. The van der Waals surface area contributed by atoms with Gasteiger partial charge in [-0.1, -0.05) is 12.1 Å². The predicted octanol–water partition coefficient (Wildman–Crippen LogP) is 4.00. The summed E-state index contributed by atoms with van der Waals surface area (Å²) in [4.78, 5) is 17.3. The molecule has 2 aliphatic heterocycles. The maximum atomic E-state index is 13.0. The van der Waals surface area contributed by atoms with E-state index >= 15 is 0 Å². The highest BCUT2D eigenvalue weighted by Gasteiger charge is 2.24. The summed E-state index contributed by atoms with van der Waals surface area (Å²) in [7, 11) is 0. The van der Waals surface area contributed by atoms with Crippen molar-refractivity contribution in [3.63, 3.8) is 0 Å². The van der Waals surface area contributed by atoms with Crippen LogP contribution in [0.5, 0.6) is 0 Å². The van der Waals surface area contributed by atoms with Crippen molar-refractivity contribution in [1.29, 1.82) is 0 Å². The smallest absolute Gasteiger partial charge is 0.265 e. The molecule has 174 valence electrons. The number of aromatic nitrogens is 1. The van der Waals surface area contributed by atoms with Gasteiger partial charge in [0.05, 0.1) is 4.70 Å². The van der Waals surface area contributed by atoms with Crippen LogP contribution in [0.4, 0.5) is 10.2 Å². The molecule has 0 spiro atoms. The van der Waals surface area contributed by atoms with E-state index in [0.717, 1.165) is 64.5 Å². The van der Waals surface area contributed by atoms with Crippen molar-refractivity contribution in [2.24, 2.45) is 5.92 Å². The molecule has 1 aromatic heterocycles. The van der Waals surface area contributed by atoms with Crippen LogP contribution in [0.3, 0.4) is 0 Å². The molecule has 0 unspecified atom stereocenters. The Bertz CT molecular complexity index is 1070. The second kappa shape index (κ2) is 10.2. The zero-order chi connectivity index (χ0) is 22.6. The molecular weight excluding hydrogens is 437 g/mol. The number of halogens is 1. The van der Waals surface area contributed by atoms with Gasteiger partial charge in [0.25, 0.3) is 5.91 Å². The molecule has 0 bridgehead atoms. The van der Waals surface area contributed by atoms with E-state index in [2.05, 4.69) is 39.5 Å². The van der Waals surface area contributed by atoms with Crippen molar-refractivity contribution in [2.45, 2.75) is 19.3 Å². The highest BCUT2D eigenvalue weighted by molar-refractivity contribution is 7.13. The molecule has 0 aliphatic carbocycles. The average molecular weight is 468 g/mol. The number of nitrogens with one attached hydrogen (secondary N) is 1. The van der Waals surface area contributed by atoms with Crippen molar-refractivity contribution >= 4 is 33.3 Å². The summed E-state index contributed by atoms with van der Waals surface area (Å²) in [5.41, 5.74) is 3.45. The van der Waals surface area contributed by atoms with Gasteiger partial charge < -0.3 is 4.90 Å². The molecule has 0 saturated carbocycles. The number of rotatable bonds is 6. The third-order valence-electron chi connectivity index (χ3n) is 6.86. The fraction of sp³-hybridized carbons (Fsp3) is 0.440. The number of carbonyl (C=O) groups is 1. The second-order valence-corrected chi connectivity index (χ2v) is 9.80. The minimum absolute atomic E-state index is 0.167. The van der Waals surface area contributed by atoms with Crippen LogP contribution < -0.4 is 10.3 Å². The number of anilines is 1. The zero-order valence-electron chi connectivity index (χ0n) is 18.8. The van der Waals surface area contributed by atoms with Gasteiger partial charge in [-0.15, -0.1) is 0 Å². The van der Waals surface area contributed by atoms with Crippen LogP contribution in [0.2, 0.25) is 0 Å². The van der Waals surface area contributed by atoms with E-state index in [1.54, 1.807) is 11.5 Å². The Kier molecular flexibility index (Phi) is 6.85. The maximum absolute atomic E-state index is 13.0. The van der Waals surface area contributed by atoms with Crippen LogP contribution >= 0.6 is 11.5 Å². The minimum Gasteiger partial charge on any atom is -0.353 e. The molecular formula is C25H30FN5OS. The monoisotopic (exact) mass is 467 g/mol. The molecule has 2 fully saturated rings. The molecule has 2 saturated heterocycles. The van der Waals surface area contributed by atoms with Crippen molar-refractivity contribution < 1.29 is 9.18 Å². The van der Waals surface area contributed by atoms with Crippen LogP contribution in [-0.4, -0.2) is 66.0 Å². The normalized spacial score (nSPS) is 18.6. The van der Waals surface area contributed by atoms with Crippen molar-refractivity contribution in [1.82, 2.24) is 19.7 Å². The van der Waals surface area contributed by atoms with Gasteiger partial charge in [-0.25, -0.2) is 9.40 Å². The molecule has 5 rings (SSSR count). The molecule has 1 N–H and O–H groups in total. The fourth-order valence-corrected chi connectivity index (χ4v) is 5.59. The minimum atomic E-state index is -0.328.